The van der Waals surface area contributed by atoms with Crippen LogP contribution in [0.15, 0.2) is 59.1 Å². The van der Waals surface area contributed by atoms with Gasteiger partial charge in [0.2, 0.25) is 5.82 Å². The predicted molar refractivity (Wildman–Crippen MR) is 91.7 cm³/mol. The molecule has 8 heteroatoms. The van der Waals surface area contributed by atoms with Crippen LogP contribution in [0.1, 0.15) is 5.89 Å². The first kappa shape index (κ1) is 17.3. The molecule has 0 amide bonds. The van der Waals surface area contributed by atoms with E-state index in [4.69, 9.17) is 0 Å². The van der Waals surface area contributed by atoms with Gasteiger partial charge in [-0.05, 0) is 42.7 Å². The molecule has 3 aromatic rings. The van der Waals surface area contributed by atoms with Crippen molar-refractivity contribution in [1.29, 1.82) is 0 Å². The number of alkyl halides is 3. The molecular weight excluding hydrogens is 351 g/mol. The van der Waals surface area contributed by atoms with Crippen LogP contribution in [0.3, 0.4) is 0 Å². The fourth-order valence-electron chi connectivity index (χ4n) is 2.28. The Bertz CT molecular complexity index is 819. The zero-order valence-corrected chi connectivity index (χ0v) is 14.0. The third kappa shape index (κ3) is 3.96. The van der Waals surface area contributed by atoms with Crippen LogP contribution < -0.4 is 4.90 Å². The van der Waals surface area contributed by atoms with Gasteiger partial charge in [0.05, 0.1) is 5.88 Å². The fourth-order valence-corrected chi connectivity index (χ4v) is 2.84. The monoisotopic (exact) mass is 365 g/mol. The molecule has 0 saturated carbocycles. The molecule has 0 aliphatic carbocycles. The summed E-state index contributed by atoms with van der Waals surface area (Å²) in [5.74, 6) is -0.695. The van der Waals surface area contributed by atoms with Crippen molar-refractivity contribution in [2.75, 3.05) is 17.0 Å². The Morgan fingerprint density at radius 1 is 1.00 bits per heavy atom. The number of anilines is 2. The summed E-state index contributed by atoms with van der Waals surface area (Å²) in [6.07, 6.45) is -2.64. The van der Waals surface area contributed by atoms with E-state index in [0.29, 0.717) is 5.56 Å². The number of hydrogen-bond acceptors (Lipinski definition) is 5. The van der Waals surface area contributed by atoms with Crippen LogP contribution in [0.25, 0.3) is 11.4 Å². The van der Waals surface area contributed by atoms with Gasteiger partial charge in [-0.3, -0.25) is 0 Å². The van der Waals surface area contributed by atoms with Crippen LogP contribution >= 0.6 is 11.8 Å². The van der Waals surface area contributed by atoms with Gasteiger partial charge in [-0.2, -0.15) is 18.2 Å². The summed E-state index contributed by atoms with van der Waals surface area (Å²) in [7, 11) is 0. The molecule has 0 aliphatic heterocycles. The molecule has 0 N–H and O–H groups in total. The van der Waals surface area contributed by atoms with E-state index >= 15 is 0 Å². The van der Waals surface area contributed by atoms with Gasteiger partial charge >= 0.3 is 12.1 Å². The quantitative estimate of drug-likeness (QED) is 0.580. The number of para-hydroxylation sites is 1. The van der Waals surface area contributed by atoms with E-state index in [0.717, 1.165) is 17.3 Å². The van der Waals surface area contributed by atoms with Gasteiger partial charge in [0.1, 0.15) is 0 Å². The normalized spacial score (nSPS) is 11.5. The maximum atomic E-state index is 12.6. The summed E-state index contributed by atoms with van der Waals surface area (Å²) in [4.78, 5) is 5.50. The first-order valence-electron chi connectivity index (χ1n) is 7.32. The van der Waals surface area contributed by atoms with Crippen LogP contribution in [-0.4, -0.2) is 22.3 Å². The van der Waals surface area contributed by atoms with Gasteiger partial charge < -0.3 is 9.42 Å². The van der Waals surface area contributed by atoms with Crippen LogP contribution in [0.5, 0.6) is 0 Å². The molecule has 0 atom stereocenters. The van der Waals surface area contributed by atoms with Crippen molar-refractivity contribution in [3.05, 3.63) is 60.5 Å². The summed E-state index contributed by atoms with van der Waals surface area (Å²) in [5.41, 5.74) is 2.41. The highest BCUT2D eigenvalue weighted by Crippen LogP contribution is 2.31. The highest BCUT2D eigenvalue weighted by molar-refractivity contribution is 7.98. The highest BCUT2D eigenvalue weighted by Gasteiger charge is 2.38. The van der Waals surface area contributed by atoms with Gasteiger partial charge in [0.15, 0.2) is 0 Å². The standard InChI is InChI=1S/C17H14F3N3OS/c1-25-11-23(13-5-3-2-4-6-13)14-9-7-12(8-10-14)15-21-16(24-22-15)17(18,19)20/h2-10H,11H2,1H3. The molecule has 25 heavy (non-hydrogen) atoms. The largest absolute Gasteiger partial charge is 0.471 e. The SMILES string of the molecule is CSCN(c1ccccc1)c1ccc(-c2noc(C(F)(F)F)n2)cc1. The van der Waals surface area contributed by atoms with E-state index in [9.17, 15) is 13.2 Å². The highest BCUT2D eigenvalue weighted by atomic mass is 32.2. The first-order chi connectivity index (χ1) is 12.0. The second-order valence-electron chi connectivity index (χ2n) is 5.15. The summed E-state index contributed by atoms with van der Waals surface area (Å²) in [6.45, 7) is 0. The maximum Gasteiger partial charge on any atom is 0.471 e. The Hall–Kier alpha value is -2.48. The Labute approximate surface area is 146 Å². The number of halogens is 3. The lowest BCUT2D eigenvalue weighted by Gasteiger charge is -2.24. The minimum atomic E-state index is -4.65. The Morgan fingerprint density at radius 2 is 1.64 bits per heavy atom. The van der Waals surface area contributed by atoms with E-state index in [1.165, 1.54) is 0 Å². The van der Waals surface area contributed by atoms with Crippen molar-refractivity contribution >= 4 is 23.1 Å². The van der Waals surface area contributed by atoms with E-state index in [1.807, 2.05) is 48.7 Å². The Kier molecular flexibility index (Phi) is 4.98. The second kappa shape index (κ2) is 7.18. The van der Waals surface area contributed by atoms with Gasteiger partial charge in [-0.25, -0.2) is 0 Å². The Balaban J connectivity index is 1.87. The van der Waals surface area contributed by atoms with Crippen LogP contribution in [0.4, 0.5) is 24.5 Å². The molecule has 3 rings (SSSR count). The van der Waals surface area contributed by atoms with Crippen LogP contribution in [0, 0.1) is 0 Å². The van der Waals surface area contributed by atoms with Gasteiger partial charge in [-0.15, -0.1) is 11.8 Å². The minimum Gasteiger partial charge on any atom is -0.332 e. The fraction of sp³-hybridized carbons (Fsp3) is 0.176. The number of thioether (sulfide) groups is 1. The van der Waals surface area contributed by atoms with E-state index in [-0.39, 0.29) is 5.82 Å². The first-order valence-corrected chi connectivity index (χ1v) is 8.71. The molecule has 0 aliphatic rings. The molecular formula is C17H14F3N3OS. The van der Waals surface area contributed by atoms with Crippen LogP contribution in [0.2, 0.25) is 0 Å². The molecule has 4 nitrogen and oxygen atoms in total. The van der Waals surface area contributed by atoms with Crippen molar-refractivity contribution in [3.8, 4) is 11.4 Å². The van der Waals surface area contributed by atoms with Gasteiger partial charge in [0, 0.05) is 16.9 Å². The predicted octanol–water partition coefficient (Wildman–Crippen LogP) is 5.21. The van der Waals surface area contributed by atoms with E-state index < -0.39 is 12.1 Å². The molecule has 0 fully saturated rings. The number of aromatic nitrogens is 2. The molecule has 0 unspecified atom stereocenters. The van der Waals surface area contributed by atoms with Crippen LogP contribution in [-0.2, 0) is 6.18 Å². The lowest BCUT2D eigenvalue weighted by atomic mass is 10.2. The molecule has 1 heterocycles. The number of hydrogen-bond donors (Lipinski definition) is 0. The second-order valence-corrected chi connectivity index (χ2v) is 5.98. The molecule has 1 aromatic heterocycles. The molecule has 0 radical (unpaired) electrons. The summed E-state index contributed by atoms with van der Waals surface area (Å²) in [5, 5.41) is 3.40. The zero-order chi connectivity index (χ0) is 17.9. The molecule has 0 bridgehead atoms. The van der Waals surface area contributed by atoms with E-state index in [2.05, 4.69) is 19.6 Å². The third-order valence-electron chi connectivity index (χ3n) is 3.43. The number of nitrogens with zero attached hydrogens (tertiary/aromatic N) is 3. The topological polar surface area (TPSA) is 42.2 Å². The zero-order valence-electron chi connectivity index (χ0n) is 13.2. The molecule has 130 valence electrons. The number of rotatable bonds is 5. The molecule has 0 spiro atoms. The lowest BCUT2D eigenvalue weighted by molar-refractivity contribution is -0.159. The Morgan fingerprint density at radius 3 is 2.20 bits per heavy atom. The lowest BCUT2D eigenvalue weighted by Crippen LogP contribution is -2.15. The average Bonchev–Trinajstić information content (AvgIpc) is 3.11. The minimum absolute atomic E-state index is 0.0880. The molecule has 2 aromatic carbocycles. The van der Waals surface area contributed by atoms with Crippen molar-refractivity contribution in [2.45, 2.75) is 6.18 Å². The van der Waals surface area contributed by atoms with Crippen molar-refractivity contribution < 1.29 is 17.7 Å². The number of benzene rings is 2. The van der Waals surface area contributed by atoms with Crippen molar-refractivity contribution in [3.63, 3.8) is 0 Å². The third-order valence-corrected chi connectivity index (χ3v) is 3.95. The molecule has 0 saturated heterocycles. The van der Waals surface area contributed by atoms with Crippen molar-refractivity contribution in [1.82, 2.24) is 10.1 Å². The van der Waals surface area contributed by atoms with Gasteiger partial charge in [0.25, 0.3) is 0 Å². The average molecular weight is 365 g/mol. The summed E-state index contributed by atoms with van der Waals surface area (Å²) >= 11 is 1.67. The summed E-state index contributed by atoms with van der Waals surface area (Å²) < 4.78 is 41.9. The van der Waals surface area contributed by atoms with Gasteiger partial charge in [-0.1, -0.05) is 23.4 Å². The summed E-state index contributed by atoms with van der Waals surface area (Å²) in [6, 6.07) is 16.8. The van der Waals surface area contributed by atoms with E-state index in [1.54, 1.807) is 23.9 Å². The van der Waals surface area contributed by atoms with Crippen molar-refractivity contribution in [2.24, 2.45) is 0 Å². The maximum absolute atomic E-state index is 12.6. The smallest absolute Gasteiger partial charge is 0.332 e.